The second-order valence-corrected chi connectivity index (χ2v) is 8.17. The standard InChI is InChI=1S/C24H30F2N4O3/c1-16(28-22(31)14-18-11-19(25)15-20(26)12-18)23(32)30(10-9-29(2)3)24(33)21(27)13-17-7-5-4-6-8-17/h4-8,11-12,15-16,21H,9-10,13-14,27H2,1-3H3,(H,28,31)/t16-,21-/m0/s1. The van der Waals surface area contributed by atoms with Crippen molar-refractivity contribution >= 4 is 17.7 Å². The molecule has 0 saturated carbocycles. The maximum absolute atomic E-state index is 13.4. The van der Waals surface area contributed by atoms with Gasteiger partial charge in [0.15, 0.2) is 0 Å². The van der Waals surface area contributed by atoms with Crippen LogP contribution in [-0.2, 0) is 27.2 Å². The highest BCUT2D eigenvalue weighted by molar-refractivity contribution is 6.01. The second-order valence-electron chi connectivity index (χ2n) is 8.17. The third-order valence-corrected chi connectivity index (χ3v) is 4.95. The predicted octanol–water partition coefficient (Wildman–Crippen LogP) is 1.50. The fraction of sp³-hybridized carbons (Fsp3) is 0.375. The van der Waals surface area contributed by atoms with Crippen molar-refractivity contribution in [3.05, 3.63) is 71.3 Å². The molecule has 3 amide bonds. The summed E-state index contributed by atoms with van der Waals surface area (Å²) in [5.41, 5.74) is 7.11. The molecule has 0 aliphatic rings. The van der Waals surface area contributed by atoms with Crippen LogP contribution in [0, 0.1) is 11.6 Å². The molecule has 0 radical (unpaired) electrons. The van der Waals surface area contributed by atoms with Crippen LogP contribution < -0.4 is 11.1 Å². The molecule has 0 spiro atoms. The quantitative estimate of drug-likeness (QED) is 0.560. The van der Waals surface area contributed by atoms with E-state index in [1.807, 2.05) is 35.2 Å². The molecule has 0 saturated heterocycles. The lowest BCUT2D eigenvalue weighted by molar-refractivity contribution is -0.148. The molecule has 2 aromatic carbocycles. The van der Waals surface area contributed by atoms with Crippen molar-refractivity contribution in [2.75, 3.05) is 27.2 Å². The molecule has 0 unspecified atom stereocenters. The van der Waals surface area contributed by atoms with Crippen molar-refractivity contribution in [1.82, 2.24) is 15.1 Å². The minimum absolute atomic E-state index is 0.0997. The summed E-state index contributed by atoms with van der Waals surface area (Å²) in [4.78, 5) is 41.3. The number of nitrogens with one attached hydrogen (secondary N) is 1. The van der Waals surface area contributed by atoms with E-state index in [0.717, 1.165) is 22.6 Å². The van der Waals surface area contributed by atoms with Gasteiger partial charge in [-0.05, 0) is 50.7 Å². The number of rotatable bonds is 10. The normalized spacial score (nSPS) is 12.8. The molecule has 7 nitrogen and oxygen atoms in total. The first-order valence-corrected chi connectivity index (χ1v) is 10.6. The number of hydrogen-bond donors (Lipinski definition) is 2. The van der Waals surface area contributed by atoms with Gasteiger partial charge in [-0.25, -0.2) is 8.78 Å². The lowest BCUT2D eigenvalue weighted by Gasteiger charge is -2.28. The molecule has 0 aliphatic carbocycles. The van der Waals surface area contributed by atoms with Crippen molar-refractivity contribution in [3.8, 4) is 0 Å². The number of amides is 3. The summed E-state index contributed by atoms with van der Waals surface area (Å²) < 4.78 is 26.7. The van der Waals surface area contributed by atoms with E-state index >= 15 is 0 Å². The minimum Gasteiger partial charge on any atom is -0.344 e. The molecule has 9 heteroatoms. The van der Waals surface area contributed by atoms with Crippen molar-refractivity contribution in [3.63, 3.8) is 0 Å². The van der Waals surface area contributed by atoms with E-state index in [1.165, 1.54) is 6.92 Å². The molecule has 2 aromatic rings. The van der Waals surface area contributed by atoms with Gasteiger partial charge in [0, 0.05) is 19.2 Å². The predicted molar refractivity (Wildman–Crippen MR) is 121 cm³/mol. The van der Waals surface area contributed by atoms with Crippen LogP contribution in [0.1, 0.15) is 18.1 Å². The van der Waals surface area contributed by atoms with Crippen molar-refractivity contribution in [1.29, 1.82) is 0 Å². The van der Waals surface area contributed by atoms with E-state index in [4.69, 9.17) is 5.73 Å². The molecule has 0 aliphatic heterocycles. The van der Waals surface area contributed by atoms with E-state index in [9.17, 15) is 23.2 Å². The number of benzene rings is 2. The summed E-state index contributed by atoms with van der Waals surface area (Å²) in [5, 5.41) is 2.50. The Morgan fingerprint density at radius 1 is 0.939 bits per heavy atom. The maximum Gasteiger partial charge on any atom is 0.251 e. The van der Waals surface area contributed by atoms with Crippen LogP contribution in [0.2, 0.25) is 0 Å². The van der Waals surface area contributed by atoms with Crippen molar-refractivity contribution in [2.45, 2.75) is 31.8 Å². The number of carbonyl (C=O) groups is 3. The van der Waals surface area contributed by atoms with Crippen LogP contribution in [0.25, 0.3) is 0 Å². The zero-order valence-corrected chi connectivity index (χ0v) is 19.1. The van der Waals surface area contributed by atoms with Gasteiger partial charge < -0.3 is 16.0 Å². The highest BCUT2D eigenvalue weighted by Crippen LogP contribution is 2.10. The minimum atomic E-state index is -1.04. The number of likely N-dealkylation sites (N-methyl/N-ethyl adjacent to an activating group) is 1. The van der Waals surface area contributed by atoms with Gasteiger partial charge in [0.1, 0.15) is 17.7 Å². The summed E-state index contributed by atoms with van der Waals surface area (Å²) in [6.45, 7) is 1.96. The molecular weight excluding hydrogens is 430 g/mol. The van der Waals surface area contributed by atoms with E-state index in [0.29, 0.717) is 12.6 Å². The summed E-state index contributed by atoms with van der Waals surface area (Å²) in [7, 11) is 3.61. The average Bonchev–Trinajstić information content (AvgIpc) is 2.73. The van der Waals surface area contributed by atoms with Crippen LogP contribution in [-0.4, -0.2) is 66.8 Å². The summed E-state index contributed by atoms with van der Waals surface area (Å²) in [6, 6.07) is 10.0. The Kier molecular flexibility index (Phi) is 9.62. The Morgan fingerprint density at radius 2 is 1.55 bits per heavy atom. The lowest BCUT2D eigenvalue weighted by Crippen LogP contribution is -2.55. The monoisotopic (exact) mass is 460 g/mol. The Hall–Kier alpha value is -3.17. The van der Waals surface area contributed by atoms with Gasteiger partial charge in [0.2, 0.25) is 11.8 Å². The Morgan fingerprint density at radius 3 is 2.12 bits per heavy atom. The molecule has 33 heavy (non-hydrogen) atoms. The van der Waals surface area contributed by atoms with Crippen LogP contribution in [0.3, 0.4) is 0 Å². The molecule has 0 fully saturated rings. The van der Waals surface area contributed by atoms with Crippen LogP contribution in [0.4, 0.5) is 8.78 Å². The van der Waals surface area contributed by atoms with E-state index in [-0.39, 0.29) is 24.9 Å². The van der Waals surface area contributed by atoms with E-state index < -0.39 is 41.4 Å². The Bertz CT molecular complexity index is 949. The summed E-state index contributed by atoms with van der Waals surface area (Å²) in [6.07, 6.45) is -0.0528. The van der Waals surface area contributed by atoms with Gasteiger partial charge in [-0.15, -0.1) is 0 Å². The number of imide groups is 1. The first-order chi connectivity index (χ1) is 15.6. The van der Waals surface area contributed by atoms with Crippen LogP contribution >= 0.6 is 0 Å². The van der Waals surface area contributed by atoms with Gasteiger partial charge in [-0.2, -0.15) is 0 Å². The molecule has 3 N–H and O–H groups in total. The van der Waals surface area contributed by atoms with E-state index in [1.54, 1.807) is 14.1 Å². The molecular formula is C24H30F2N4O3. The van der Waals surface area contributed by atoms with Crippen molar-refractivity contribution < 1.29 is 23.2 Å². The molecule has 2 rings (SSSR count). The number of hydrogen-bond acceptors (Lipinski definition) is 5. The molecule has 0 heterocycles. The Labute approximate surface area is 192 Å². The molecule has 2 atom stereocenters. The topological polar surface area (TPSA) is 95.7 Å². The highest BCUT2D eigenvalue weighted by Gasteiger charge is 2.30. The smallest absolute Gasteiger partial charge is 0.251 e. The molecule has 0 aromatic heterocycles. The van der Waals surface area contributed by atoms with Crippen molar-refractivity contribution in [2.24, 2.45) is 5.73 Å². The summed E-state index contributed by atoms with van der Waals surface area (Å²) in [5.74, 6) is -3.35. The van der Waals surface area contributed by atoms with Gasteiger partial charge >= 0.3 is 0 Å². The van der Waals surface area contributed by atoms with Gasteiger partial charge in [-0.1, -0.05) is 30.3 Å². The number of halogens is 2. The number of nitrogens with zero attached hydrogens (tertiary/aromatic N) is 2. The Balaban J connectivity index is 2.07. The zero-order valence-electron chi connectivity index (χ0n) is 19.1. The number of carbonyl (C=O) groups excluding carboxylic acids is 3. The van der Waals surface area contributed by atoms with E-state index in [2.05, 4.69) is 5.32 Å². The zero-order chi connectivity index (χ0) is 24.5. The van der Waals surface area contributed by atoms with Gasteiger partial charge in [0.25, 0.3) is 5.91 Å². The first-order valence-electron chi connectivity index (χ1n) is 10.6. The second kappa shape index (κ2) is 12.2. The first kappa shape index (κ1) is 26.1. The third kappa shape index (κ3) is 8.36. The molecule has 178 valence electrons. The molecule has 0 bridgehead atoms. The third-order valence-electron chi connectivity index (χ3n) is 4.95. The summed E-state index contributed by atoms with van der Waals surface area (Å²) >= 11 is 0. The van der Waals surface area contributed by atoms with Gasteiger partial charge in [-0.3, -0.25) is 19.3 Å². The van der Waals surface area contributed by atoms with Gasteiger partial charge in [0.05, 0.1) is 12.5 Å². The SMILES string of the molecule is C[C@H](NC(=O)Cc1cc(F)cc(F)c1)C(=O)N(CCN(C)C)C(=O)[C@@H](N)Cc1ccccc1. The van der Waals surface area contributed by atoms with Crippen LogP contribution in [0.5, 0.6) is 0 Å². The van der Waals surface area contributed by atoms with Crippen LogP contribution in [0.15, 0.2) is 48.5 Å². The lowest BCUT2D eigenvalue weighted by atomic mass is 10.1. The number of nitrogens with two attached hydrogens (primary N) is 1. The maximum atomic E-state index is 13.4. The largest absolute Gasteiger partial charge is 0.344 e. The highest BCUT2D eigenvalue weighted by atomic mass is 19.1. The fourth-order valence-electron chi connectivity index (χ4n) is 3.27. The average molecular weight is 461 g/mol. The fourth-order valence-corrected chi connectivity index (χ4v) is 3.27.